The Morgan fingerprint density at radius 2 is 2.20 bits per heavy atom. The molecular formula is C10H12N4S. The van der Waals surface area contributed by atoms with Crippen molar-refractivity contribution in [3.63, 3.8) is 0 Å². The van der Waals surface area contributed by atoms with Gasteiger partial charge in [0, 0.05) is 17.5 Å². The summed E-state index contributed by atoms with van der Waals surface area (Å²) in [4.78, 5) is 13.7. The first kappa shape index (κ1) is 10.0. The van der Waals surface area contributed by atoms with Crippen molar-refractivity contribution in [2.24, 2.45) is 0 Å². The van der Waals surface area contributed by atoms with Gasteiger partial charge in [-0.2, -0.15) is 0 Å². The van der Waals surface area contributed by atoms with E-state index in [1.54, 1.807) is 11.7 Å². The smallest absolute Gasteiger partial charge is 0.173 e. The van der Waals surface area contributed by atoms with Gasteiger partial charge in [-0.05, 0) is 13.3 Å². The van der Waals surface area contributed by atoms with Gasteiger partial charge in [-0.15, -0.1) is 11.3 Å². The van der Waals surface area contributed by atoms with Crippen LogP contribution < -0.4 is 5.73 Å². The Hall–Kier alpha value is -1.49. The molecule has 78 valence electrons. The third kappa shape index (κ3) is 1.83. The Morgan fingerprint density at radius 1 is 1.40 bits per heavy atom. The summed E-state index contributed by atoms with van der Waals surface area (Å²) >= 11 is 1.52. The van der Waals surface area contributed by atoms with Gasteiger partial charge < -0.3 is 5.73 Å². The molecule has 0 aromatic carbocycles. The highest BCUT2D eigenvalue weighted by Gasteiger charge is 2.09. The van der Waals surface area contributed by atoms with Gasteiger partial charge in [0.05, 0.1) is 10.4 Å². The van der Waals surface area contributed by atoms with Crippen molar-refractivity contribution in [1.82, 2.24) is 15.0 Å². The highest BCUT2D eigenvalue weighted by Crippen LogP contribution is 2.23. The minimum Gasteiger partial charge on any atom is -0.383 e. The Labute approximate surface area is 92.2 Å². The van der Waals surface area contributed by atoms with Crippen molar-refractivity contribution >= 4 is 17.2 Å². The zero-order valence-corrected chi connectivity index (χ0v) is 9.51. The minimum absolute atomic E-state index is 0.577. The summed E-state index contributed by atoms with van der Waals surface area (Å²) in [7, 11) is 0. The molecule has 2 heterocycles. The predicted molar refractivity (Wildman–Crippen MR) is 61.7 cm³/mol. The van der Waals surface area contributed by atoms with Gasteiger partial charge >= 0.3 is 0 Å². The number of hydrogen-bond donors (Lipinski definition) is 1. The lowest BCUT2D eigenvalue weighted by molar-refractivity contribution is 1.01. The summed E-state index contributed by atoms with van der Waals surface area (Å²) in [5.74, 6) is 1.25. The first-order chi connectivity index (χ1) is 7.22. The number of rotatable bonds is 2. The van der Waals surface area contributed by atoms with E-state index in [2.05, 4.69) is 21.9 Å². The summed E-state index contributed by atoms with van der Waals surface area (Å²) in [5.41, 5.74) is 9.62. The second-order valence-electron chi connectivity index (χ2n) is 3.22. The van der Waals surface area contributed by atoms with Gasteiger partial charge in [-0.25, -0.2) is 9.97 Å². The first-order valence-electron chi connectivity index (χ1n) is 4.74. The molecule has 0 spiro atoms. The fourth-order valence-corrected chi connectivity index (χ4v) is 2.05. The van der Waals surface area contributed by atoms with Crippen LogP contribution in [0.4, 0.5) is 5.82 Å². The molecule has 0 aliphatic rings. The van der Waals surface area contributed by atoms with Gasteiger partial charge in [0.25, 0.3) is 0 Å². The highest BCUT2D eigenvalue weighted by atomic mass is 32.1. The van der Waals surface area contributed by atoms with E-state index in [1.807, 2.05) is 6.92 Å². The van der Waals surface area contributed by atoms with Gasteiger partial charge in [0.15, 0.2) is 5.82 Å². The molecule has 0 radical (unpaired) electrons. The largest absolute Gasteiger partial charge is 0.383 e. The lowest BCUT2D eigenvalue weighted by atomic mass is 10.1. The molecule has 4 nitrogen and oxygen atoms in total. The molecule has 0 bridgehead atoms. The molecule has 0 saturated heterocycles. The zero-order chi connectivity index (χ0) is 10.8. The summed E-state index contributed by atoms with van der Waals surface area (Å²) in [5, 5.41) is 0. The van der Waals surface area contributed by atoms with Crippen LogP contribution in [0.5, 0.6) is 0 Å². The number of hydrogen-bond acceptors (Lipinski definition) is 5. The average molecular weight is 220 g/mol. The molecule has 2 rings (SSSR count). The van der Waals surface area contributed by atoms with Crippen LogP contribution in [-0.4, -0.2) is 15.0 Å². The van der Waals surface area contributed by atoms with Crippen LogP contribution in [0.25, 0.3) is 10.7 Å². The third-order valence-electron chi connectivity index (χ3n) is 2.25. The van der Waals surface area contributed by atoms with E-state index >= 15 is 0 Å². The lowest BCUT2D eigenvalue weighted by Crippen LogP contribution is -2.03. The maximum absolute atomic E-state index is 5.87. The van der Waals surface area contributed by atoms with Crippen molar-refractivity contribution in [1.29, 1.82) is 0 Å². The number of nitrogens with zero attached hydrogens (tertiary/aromatic N) is 3. The summed E-state index contributed by atoms with van der Waals surface area (Å²) in [6.45, 7) is 4.01. The topological polar surface area (TPSA) is 64.7 Å². The minimum atomic E-state index is 0.577. The van der Waals surface area contributed by atoms with E-state index in [-0.39, 0.29) is 0 Å². The van der Waals surface area contributed by atoms with E-state index in [1.165, 1.54) is 11.3 Å². The van der Waals surface area contributed by atoms with Gasteiger partial charge in [0.2, 0.25) is 0 Å². The summed E-state index contributed by atoms with van der Waals surface area (Å²) in [6, 6.07) is 0. The van der Waals surface area contributed by atoms with E-state index in [4.69, 9.17) is 5.73 Å². The SMILES string of the molecule is CCc1c(C)nc(-c2cncs2)nc1N. The molecule has 0 unspecified atom stereocenters. The number of aryl methyl sites for hydroxylation is 1. The van der Waals surface area contributed by atoms with Crippen molar-refractivity contribution < 1.29 is 0 Å². The monoisotopic (exact) mass is 220 g/mol. The second kappa shape index (κ2) is 3.94. The van der Waals surface area contributed by atoms with Crippen molar-refractivity contribution in [3.8, 4) is 10.7 Å². The van der Waals surface area contributed by atoms with Crippen LogP contribution in [0.1, 0.15) is 18.2 Å². The molecular weight excluding hydrogens is 208 g/mol. The fourth-order valence-electron chi connectivity index (χ4n) is 1.49. The molecule has 2 aromatic heterocycles. The molecule has 0 aliphatic carbocycles. The Bertz CT molecular complexity index is 441. The number of nitrogens with two attached hydrogens (primary N) is 1. The molecule has 2 aromatic rings. The van der Waals surface area contributed by atoms with Crippen LogP contribution in [0.2, 0.25) is 0 Å². The van der Waals surface area contributed by atoms with Crippen molar-refractivity contribution in [2.75, 3.05) is 5.73 Å². The number of aromatic nitrogens is 3. The first-order valence-corrected chi connectivity index (χ1v) is 5.62. The van der Waals surface area contributed by atoms with Crippen LogP contribution >= 0.6 is 11.3 Å². The fraction of sp³-hybridized carbons (Fsp3) is 0.300. The zero-order valence-electron chi connectivity index (χ0n) is 8.69. The van der Waals surface area contributed by atoms with E-state index < -0.39 is 0 Å². The van der Waals surface area contributed by atoms with Crippen LogP contribution in [0.15, 0.2) is 11.7 Å². The molecule has 0 atom stereocenters. The average Bonchev–Trinajstić information content (AvgIpc) is 2.69. The van der Waals surface area contributed by atoms with Gasteiger partial charge in [0.1, 0.15) is 5.82 Å². The van der Waals surface area contributed by atoms with E-state index in [0.29, 0.717) is 11.6 Å². The van der Waals surface area contributed by atoms with Crippen molar-refractivity contribution in [3.05, 3.63) is 23.0 Å². The molecule has 5 heteroatoms. The Kier molecular flexibility index (Phi) is 2.64. The number of thiazole rings is 1. The molecule has 0 fully saturated rings. The standard InChI is InChI=1S/C10H12N4S/c1-3-7-6(2)13-10(14-9(7)11)8-4-12-5-15-8/h4-5H,3H2,1-2H3,(H2,11,13,14). The van der Waals surface area contributed by atoms with Crippen LogP contribution in [0, 0.1) is 6.92 Å². The van der Waals surface area contributed by atoms with E-state index in [0.717, 1.165) is 22.6 Å². The van der Waals surface area contributed by atoms with Gasteiger partial charge in [-0.1, -0.05) is 6.92 Å². The Morgan fingerprint density at radius 3 is 2.73 bits per heavy atom. The summed E-state index contributed by atoms with van der Waals surface area (Å²) in [6.07, 6.45) is 2.62. The van der Waals surface area contributed by atoms with Crippen LogP contribution in [-0.2, 0) is 6.42 Å². The normalized spacial score (nSPS) is 10.5. The second-order valence-corrected chi connectivity index (χ2v) is 4.10. The number of nitrogen functional groups attached to an aromatic ring is 1. The molecule has 0 saturated carbocycles. The lowest BCUT2D eigenvalue weighted by Gasteiger charge is -2.07. The third-order valence-corrected chi connectivity index (χ3v) is 3.02. The van der Waals surface area contributed by atoms with Crippen molar-refractivity contribution in [2.45, 2.75) is 20.3 Å². The molecule has 2 N–H and O–H groups in total. The quantitative estimate of drug-likeness (QED) is 0.841. The summed E-state index contributed by atoms with van der Waals surface area (Å²) < 4.78 is 0. The number of anilines is 1. The van der Waals surface area contributed by atoms with E-state index in [9.17, 15) is 0 Å². The predicted octanol–water partition coefficient (Wildman–Crippen LogP) is 2.05. The Balaban J connectivity index is 2.53. The molecule has 0 amide bonds. The maximum atomic E-state index is 5.87. The van der Waals surface area contributed by atoms with Crippen LogP contribution in [0.3, 0.4) is 0 Å². The van der Waals surface area contributed by atoms with Gasteiger partial charge in [-0.3, -0.25) is 4.98 Å². The molecule has 0 aliphatic heterocycles. The maximum Gasteiger partial charge on any atom is 0.173 e. The highest BCUT2D eigenvalue weighted by molar-refractivity contribution is 7.13. The molecule has 15 heavy (non-hydrogen) atoms.